The second kappa shape index (κ2) is 14.9. The van der Waals surface area contributed by atoms with Gasteiger partial charge in [0.25, 0.3) is 0 Å². The van der Waals surface area contributed by atoms with Crippen LogP contribution in [0, 0.1) is 0 Å². The maximum absolute atomic E-state index is 3.05. The Kier molecular flexibility index (Phi) is 8.34. The third-order valence-corrected chi connectivity index (χ3v) is 20.6. The second-order valence-electron chi connectivity index (χ2n) is 19.1. The van der Waals surface area contributed by atoms with E-state index in [4.69, 9.17) is 0 Å². The van der Waals surface area contributed by atoms with E-state index < -0.39 is 13.5 Å². The molecule has 2 aliphatic rings. The lowest BCUT2D eigenvalue weighted by Crippen LogP contribution is -2.74. The van der Waals surface area contributed by atoms with Gasteiger partial charge in [-0.15, -0.1) is 0 Å². The number of nitrogens with zero attached hydrogens (tertiary/aromatic N) is 2. The van der Waals surface area contributed by atoms with Crippen molar-refractivity contribution >= 4 is 72.4 Å². The van der Waals surface area contributed by atoms with Crippen molar-refractivity contribution in [3.8, 4) is 33.6 Å². The Bertz CT molecular complexity index is 4100. The number of aromatic nitrogens is 2. The molecule has 1 aliphatic carbocycles. The molecule has 0 unspecified atom stereocenters. The average Bonchev–Trinajstić information content (AvgIpc) is 4.06. The first-order valence-electron chi connectivity index (χ1n) is 24.4. The van der Waals surface area contributed by atoms with Crippen LogP contribution in [0.5, 0.6) is 0 Å². The molecule has 1 aliphatic heterocycles. The monoisotopic (exact) mass is 904 g/mol. The summed E-state index contributed by atoms with van der Waals surface area (Å²) in [7, 11) is -3.05. The quantitative estimate of drug-likeness (QED) is 0.116. The SMILES string of the molecule is c1ccc(-c2cccc([Si](c3ccccc3)(c3ccccc3)c3ccc4c(c3)-n3c5ccc(-n6c7ccccc7c7ccccc76)cc5c5cccc(c53)C43c4ccccc4-c4ccccc43)c2)cc1. The first kappa shape index (κ1) is 39.3. The third-order valence-electron chi connectivity index (χ3n) is 15.9. The highest BCUT2D eigenvalue weighted by Gasteiger charge is 2.52. The molecule has 0 bridgehead atoms. The molecule has 11 aromatic carbocycles. The van der Waals surface area contributed by atoms with Crippen molar-refractivity contribution in [1.82, 2.24) is 9.13 Å². The molecule has 2 nitrogen and oxygen atoms in total. The van der Waals surface area contributed by atoms with Crippen LogP contribution in [0.15, 0.2) is 267 Å². The highest BCUT2D eigenvalue weighted by molar-refractivity contribution is 7.20. The Hall–Kier alpha value is -8.76. The third kappa shape index (κ3) is 5.16. The topological polar surface area (TPSA) is 9.86 Å². The summed E-state index contributed by atoms with van der Waals surface area (Å²) < 4.78 is 5.09. The Morgan fingerprint density at radius 3 is 1.46 bits per heavy atom. The molecule has 15 rings (SSSR count). The van der Waals surface area contributed by atoms with E-state index in [9.17, 15) is 0 Å². The second-order valence-corrected chi connectivity index (χ2v) is 22.9. The molecule has 0 saturated carbocycles. The van der Waals surface area contributed by atoms with Gasteiger partial charge in [0.2, 0.25) is 0 Å². The number of fused-ring (bicyclic) bond motifs is 15. The first-order valence-corrected chi connectivity index (χ1v) is 26.4. The summed E-state index contributed by atoms with van der Waals surface area (Å²) in [5, 5.41) is 10.4. The van der Waals surface area contributed by atoms with Gasteiger partial charge in [-0.25, -0.2) is 0 Å². The van der Waals surface area contributed by atoms with Crippen molar-refractivity contribution in [3.05, 3.63) is 289 Å². The summed E-state index contributed by atoms with van der Waals surface area (Å²) in [5.74, 6) is 0. The maximum Gasteiger partial charge on any atom is 0.179 e. The molecule has 0 atom stereocenters. The Balaban J connectivity index is 1.09. The number of benzene rings is 11. The predicted molar refractivity (Wildman–Crippen MR) is 295 cm³/mol. The molecule has 0 N–H and O–H groups in total. The fraction of sp³-hybridized carbons (Fsp3) is 0.0149. The highest BCUT2D eigenvalue weighted by atomic mass is 28.3. The van der Waals surface area contributed by atoms with Crippen molar-refractivity contribution in [2.75, 3.05) is 0 Å². The van der Waals surface area contributed by atoms with Crippen LogP contribution < -0.4 is 20.7 Å². The first-order chi connectivity index (χ1) is 34.7. The van der Waals surface area contributed by atoms with Crippen molar-refractivity contribution in [2.45, 2.75) is 5.41 Å². The Labute approximate surface area is 407 Å². The van der Waals surface area contributed by atoms with Crippen LogP contribution in [0.4, 0.5) is 0 Å². The van der Waals surface area contributed by atoms with Crippen molar-refractivity contribution < 1.29 is 0 Å². The molecule has 3 heterocycles. The van der Waals surface area contributed by atoms with E-state index in [1.165, 1.54) is 115 Å². The molecule has 70 heavy (non-hydrogen) atoms. The summed E-state index contributed by atoms with van der Waals surface area (Å²) in [6.07, 6.45) is 0. The summed E-state index contributed by atoms with van der Waals surface area (Å²) in [6.45, 7) is 0. The van der Waals surface area contributed by atoms with E-state index >= 15 is 0 Å². The van der Waals surface area contributed by atoms with Gasteiger partial charge < -0.3 is 9.13 Å². The van der Waals surface area contributed by atoms with Crippen LogP contribution in [0.1, 0.15) is 22.3 Å². The van der Waals surface area contributed by atoms with Crippen LogP contribution in [0.3, 0.4) is 0 Å². The number of hydrogen-bond acceptors (Lipinski definition) is 0. The molecule has 2 aromatic heterocycles. The van der Waals surface area contributed by atoms with Crippen molar-refractivity contribution in [2.24, 2.45) is 0 Å². The van der Waals surface area contributed by atoms with E-state index in [0.29, 0.717) is 0 Å². The van der Waals surface area contributed by atoms with Crippen LogP contribution in [0.2, 0.25) is 0 Å². The molecular formula is C67H44N2Si. The zero-order valence-corrected chi connectivity index (χ0v) is 39.3. The minimum Gasteiger partial charge on any atom is -0.309 e. The number of para-hydroxylation sites is 3. The highest BCUT2D eigenvalue weighted by Crippen LogP contribution is 2.61. The molecule has 3 heteroatoms. The van der Waals surface area contributed by atoms with Crippen molar-refractivity contribution in [3.63, 3.8) is 0 Å². The molecule has 326 valence electrons. The fourth-order valence-electron chi connectivity index (χ4n) is 13.1. The average molecular weight is 905 g/mol. The van der Waals surface area contributed by atoms with Crippen molar-refractivity contribution in [1.29, 1.82) is 0 Å². The number of hydrogen-bond donors (Lipinski definition) is 0. The number of rotatable bonds is 6. The molecule has 0 saturated heterocycles. The molecule has 0 fully saturated rings. The summed E-state index contributed by atoms with van der Waals surface area (Å²) in [6, 6.07) is 101. The molecular weight excluding hydrogens is 861 g/mol. The van der Waals surface area contributed by atoms with E-state index in [2.05, 4.69) is 276 Å². The summed E-state index contributed by atoms with van der Waals surface area (Å²) in [5.41, 5.74) is 17.1. The standard InChI is InChI=1S/C67H44N2Si/c1-4-20-45(21-5-1)46-22-18-27-50(42-46)70(48-23-6-2-7-24-48,49-25-8-3-9-26-49)51-39-40-60-65(44-51)69-64-41-38-47(68-62-36-16-12-30-54(62)55-31-13-17-37-63(55)68)43-57(64)56-32-19-35-61(66(56)69)67(60)58-33-14-10-28-52(58)53-29-11-15-34-59(53)67/h1-44H. The molecule has 13 aromatic rings. The van der Waals surface area contributed by atoms with Gasteiger partial charge in [-0.05, 0) is 102 Å². The minimum absolute atomic E-state index is 0.558. The van der Waals surface area contributed by atoms with Gasteiger partial charge in [0.15, 0.2) is 8.07 Å². The van der Waals surface area contributed by atoms with Gasteiger partial charge in [0.1, 0.15) is 0 Å². The lowest BCUT2D eigenvalue weighted by molar-refractivity contribution is 0.749. The van der Waals surface area contributed by atoms with Gasteiger partial charge >= 0.3 is 0 Å². The Morgan fingerprint density at radius 2 is 0.786 bits per heavy atom. The maximum atomic E-state index is 2.64. The van der Waals surface area contributed by atoms with Gasteiger partial charge in [-0.1, -0.05) is 231 Å². The van der Waals surface area contributed by atoms with E-state index in [1.807, 2.05) is 0 Å². The lowest BCUT2D eigenvalue weighted by atomic mass is 9.65. The van der Waals surface area contributed by atoms with Crippen LogP contribution in [-0.4, -0.2) is 17.2 Å². The fourth-order valence-corrected chi connectivity index (χ4v) is 17.9. The lowest BCUT2D eigenvalue weighted by Gasteiger charge is -2.41. The normalized spacial score (nSPS) is 13.3. The predicted octanol–water partition coefficient (Wildman–Crippen LogP) is 13.6. The van der Waals surface area contributed by atoms with Gasteiger partial charge in [0, 0.05) is 27.2 Å². The summed E-state index contributed by atoms with van der Waals surface area (Å²) >= 11 is 0. The smallest absolute Gasteiger partial charge is 0.179 e. The van der Waals surface area contributed by atoms with Gasteiger partial charge in [-0.3, -0.25) is 0 Å². The van der Waals surface area contributed by atoms with E-state index in [-0.39, 0.29) is 0 Å². The van der Waals surface area contributed by atoms with Crippen LogP contribution in [0.25, 0.3) is 77.2 Å². The van der Waals surface area contributed by atoms with Crippen LogP contribution in [-0.2, 0) is 5.41 Å². The van der Waals surface area contributed by atoms with Crippen LogP contribution >= 0.6 is 0 Å². The molecule has 0 radical (unpaired) electrons. The molecule has 0 amide bonds. The largest absolute Gasteiger partial charge is 0.309 e. The minimum atomic E-state index is -3.05. The van der Waals surface area contributed by atoms with Gasteiger partial charge in [-0.2, -0.15) is 0 Å². The van der Waals surface area contributed by atoms with E-state index in [1.54, 1.807) is 0 Å². The molecule has 1 spiro atoms. The Morgan fingerprint density at radius 1 is 0.286 bits per heavy atom. The van der Waals surface area contributed by atoms with Gasteiger partial charge in [0.05, 0.1) is 33.2 Å². The zero-order chi connectivity index (χ0) is 46.0. The van der Waals surface area contributed by atoms with E-state index in [0.717, 1.165) is 5.69 Å². The zero-order valence-electron chi connectivity index (χ0n) is 38.3. The summed E-state index contributed by atoms with van der Waals surface area (Å²) in [4.78, 5) is 0.